The molecule has 1 fully saturated rings. The quantitative estimate of drug-likeness (QED) is 0.437. The molecule has 0 unspecified atom stereocenters. The Hall–Kier alpha value is -3.18. The van der Waals surface area contributed by atoms with Crippen LogP contribution in [-0.2, 0) is 4.79 Å². The van der Waals surface area contributed by atoms with Crippen molar-refractivity contribution >= 4 is 33.5 Å². The fraction of sp³-hybridized carbons (Fsp3) is 0.333. The van der Waals surface area contributed by atoms with Gasteiger partial charge in [0.25, 0.3) is 0 Å². The number of para-hydroxylation sites is 1. The molecule has 0 radical (unpaired) electrons. The van der Waals surface area contributed by atoms with Crippen LogP contribution in [0.1, 0.15) is 35.2 Å². The Morgan fingerprint density at radius 3 is 2.50 bits per heavy atom. The number of hydrogen-bond acceptors (Lipinski definition) is 3. The predicted molar refractivity (Wildman–Crippen MR) is 132 cm³/mol. The van der Waals surface area contributed by atoms with Crippen LogP contribution in [0.3, 0.4) is 0 Å². The van der Waals surface area contributed by atoms with Gasteiger partial charge < -0.3 is 10.6 Å². The van der Waals surface area contributed by atoms with Gasteiger partial charge >= 0.3 is 0 Å². The minimum absolute atomic E-state index is 0.0166. The van der Waals surface area contributed by atoms with Gasteiger partial charge in [0.05, 0.1) is 28.8 Å². The molecule has 2 N–H and O–H groups in total. The van der Waals surface area contributed by atoms with Crippen molar-refractivity contribution in [2.24, 2.45) is 5.92 Å². The van der Waals surface area contributed by atoms with Crippen LogP contribution in [0.5, 0.6) is 0 Å². The highest BCUT2D eigenvalue weighted by molar-refractivity contribution is 6.16. The molecule has 0 saturated heterocycles. The lowest BCUT2D eigenvalue weighted by molar-refractivity contribution is -0.115. The first-order valence-electron chi connectivity index (χ1n) is 11.4. The Morgan fingerprint density at radius 2 is 1.78 bits per heavy atom. The fourth-order valence-corrected chi connectivity index (χ4v) is 4.83. The molecule has 5 heteroatoms. The van der Waals surface area contributed by atoms with E-state index in [9.17, 15) is 4.79 Å². The highest BCUT2D eigenvalue weighted by Crippen LogP contribution is 2.37. The maximum atomic E-state index is 12.7. The Kier molecular flexibility index (Phi) is 5.22. The standard InChI is InChI=1S/C27H30N4O/c1-16-11-17(2)26(18(3)12-16)31-23-8-6-5-7-21(23)25-22(13-19(4)29-27(25)31)30-24(32)15-28-14-20-9-10-20/h5-8,11-13,20,28H,9-10,14-15H2,1-4H3,(H,29,30,32). The van der Waals surface area contributed by atoms with Crippen molar-refractivity contribution in [1.82, 2.24) is 14.9 Å². The number of pyridine rings is 1. The number of amides is 1. The SMILES string of the molecule is Cc1cc(C)c(-n2c3ccccc3c3c(NC(=O)CNCC4CC4)cc(C)nc32)c(C)c1. The van der Waals surface area contributed by atoms with Gasteiger partial charge in [-0.1, -0.05) is 35.9 Å². The van der Waals surface area contributed by atoms with Crippen LogP contribution in [0.25, 0.3) is 27.6 Å². The van der Waals surface area contributed by atoms with Gasteiger partial charge in [-0.05, 0) is 76.3 Å². The van der Waals surface area contributed by atoms with Crippen LogP contribution in [0.15, 0.2) is 42.5 Å². The van der Waals surface area contributed by atoms with Crippen molar-refractivity contribution in [2.75, 3.05) is 18.4 Å². The fourth-order valence-electron chi connectivity index (χ4n) is 4.83. The maximum absolute atomic E-state index is 12.7. The first-order chi connectivity index (χ1) is 15.4. The van der Waals surface area contributed by atoms with Crippen LogP contribution in [0, 0.1) is 33.6 Å². The van der Waals surface area contributed by atoms with Crippen molar-refractivity contribution in [3.8, 4) is 5.69 Å². The Bertz CT molecular complexity index is 1320. The summed E-state index contributed by atoms with van der Waals surface area (Å²) in [7, 11) is 0. The van der Waals surface area contributed by atoms with E-state index >= 15 is 0 Å². The van der Waals surface area contributed by atoms with Gasteiger partial charge in [-0.25, -0.2) is 4.98 Å². The zero-order valence-electron chi connectivity index (χ0n) is 19.2. The van der Waals surface area contributed by atoms with Crippen molar-refractivity contribution in [2.45, 2.75) is 40.5 Å². The van der Waals surface area contributed by atoms with Gasteiger partial charge in [-0.2, -0.15) is 0 Å². The van der Waals surface area contributed by atoms with Gasteiger partial charge in [0, 0.05) is 11.1 Å². The van der Waals surface area contributed by atoms with Crippen LogP contribution >= 0.6 is 0 Å². The summed E-state index contributed by atoms with van der Waals surface area (Å²) < 4.78 is 2.25. The highest BCUT2D eigenvalue weighted by atomic mass is 16.1. The Morgan fingerprint density at radius 1 is 1.06 bits per heavy atom. The van der Waals surface area contributed by atoms with E-state index in [2.05, 4.69) is 66.3 Å². The summed E-state index contributed by atoms with van der Waals surface area (Å²) in [5.74, 6) is 0.730. The number of aryl methyl sites for hydroxylation is 4. The van der Waals surface area contributed by atoms with Gasteiger partial charge in [0.2, 0.25) is 5.91 Å². The van der Waals surface area contributed by atoms with E-state index in [-0.39, 0.29) is 5.91 Å². The summed E-state index contributed by atoms with van der Waals surface area (Å²) in [5, 5.41) is 8.53. The number of hydrogen-bond donors (Lipinski definition) is 2. The van der Waals surface area contributed by atoms with E-state index in [1.807, 2.05) is 19.1 Å². The lowest BCUT2D eigenvalue weighted by Gasteiger charge is -2.15. The van der Waals surface area contributed by atoms with E-state index in [4.69, 9.17) is 4.98 Å². The Balaban J connectivity index is 1.66. The molecular weight excluding hydrogens is 396 g/mol. The highest BCUT2D eigenvalue weighted by Gasteiger charge is 2.22. The lowest BCUT2D eigenvalue weighted by Crippen LogP contribution is -2.29. The van der Waals surface area contributed by atoms with E-state index < -0.39 is 0 Å². The average molecular weight is 427 g/mol. The molecule has 2 heterocycles. The number of fused-ring (bicyclic) bond motifs is 3. The number of benzene rings is 2. The molecule has 0 spiro atoms. The van der Waals surface area contributed by atoms with Gasteiger partial charge in [-0.3, -0.25) is 9.36 Å². The van der Waals surface area contributed by atoms with Crippen molar-refractivity contribution in [1.29, 1.82) is 0 Å². The molecule has 2 aromatic carbocycles. The van der Waals surface area contributed by atoms with Crippen LogP contribution in [-0.4, -0.2) is 28.5 Å². The summed E-state index contributed by atoms with van der Waals surface area (Å²) in [6, 6.07) is 14.8. The molecule has 0 aliphatic heterocycles. The molecular formula is C27H30N4O. The maximum Gasteiger partial charge on any atom is 0.238 e. The smallest absolute Gasteiger partial charge is 0.238 e. The number of aromatic nitrogens is 2. The number of carbonyl (C=O) groups excluding carboxylic acids is 1. The molecule has 32 heavy (non-hydrogen) atoms. The molecule has 1 amide bonds. The monoisotopic (exact) mass is 426 g/mol. The lowest BCUT2D eigenvalue weighted by atomic mass is 10.0. The summed E-state index contributed by atoms with van der Waals surface area (Å²) in [6.07, 6.45) is 2.55. The first-order valence-corrected chi connectivity index (χ1v) is 11.4. The molecule has 5 rings (SSSR count). The molecule has 0 atom stereocenters. The predicted octanol–water partition coefficient (Wildman–Crippen LogP) is 5.35. The second kappa shape index (κ2) is 8.06. The van der Waals surface area contributed by atoms with Crippen LogP contribution < -0.4 is 10.6 Å². The first kappa shape index (κ1) is 20.7. The third kappa shape index (κ3) is 3.78. The normalized spacial score (nSPS) is 13.8. The third-order valence-corrected chi connectivity index (χ3v) is 6.30. The topological polar surface area (TPSA) is 59.0 Å². The van der Waals surface area contributed by atoms with Crippen LogP contribution in [0.4, 0.5) is 5.69 Å². The number of carbonyl (C=O) groups is 1. The number of rotatable bonds is 6. The van der Waals surface area contributed by atoms with E-state index in [1.165, 1.54) is 29.5 Å². The molecule has 5 nitrogen and oxygen atoms in total. The van der Waals surface area contributed by atoms with Gasteiger partial charge in [-0.15, -0.1) is 0 Å². The largest absolute Gasteiger partial charge is 0.324 e. The van der Waals surface area contributed by atoms with Crippen molar-refractivity contribution < 1.29 is 4.79 Å². The number of nitrogens with zero attached hydrogens (tertiary/aromatic N) is 2. The summed E-state index contributed by atoms with van der Waals surface area (Å²) >= 11 is 0. The van der Waals surface area contributed by atoms with Gasteiger partial charge in [0.15, 0.2) is 0 Å². The minimum atomic E-state index is -0.0166. The molecule has 4 aromatic rings. The molecule has 0 bridgehead atoms. The molecule has 1 aliphatic carbocycles. The summed E-state index contributed by atoms with van der Waals surface area (Å²) in [6.45, 7) is 9.66. The Labute approximate surface area is 188 Å². The van der Waals surface area contributed by atoms with Crippen molar-refractivity contribution in [3.63, 3.8) is 0 Å². The second-order valence-corrected chi connectivity index (χ2v) is 9.23. The van der Waals surface area contributed by atoms with E-state index in [0.29, 0.717) is 6.54 Å². The summed E-state index contributed by atoms with van der Waals surface area (Å²) in [4.78, 5) is 17.7. The zero-order valence-corrected chi connectivity index (χ0v) is 19.2. The van der Waals surface area contributed by atoms with Crippen molar-refractivity contribution in [3.05, 3.63) is 64.8 Å². The zero-order chi connectivity index (χ0) is 22.4. The van der Waals surface area contributed by atoms with E-state index in [1.54, 1.807) is 0 Å². The number of anilines is 1. The average Bonchev–Trinajstić information content (AvgIpc) is 3.49. The minimum Gasteiger partial charge on any atom is -0.324 e. The van der Waals surface area contributed by atoms with E-state index in [0.717, 1.165) is 51.5 Å². The van der Waals surface area contributed by atoms with Crippen LogP contribution in [0.2, 0.25) is 0 Å². The molecule has 164 valence electrons. The third-order valence-electron chi connectivity index (χ3n) is 6.30. The molecule has 2 aromatic heterocycles. The second-order valence-electron chi connectivity index (χ2n) is 9.23. The molecule has 1 aliphatic rings. The molecule has 1 saturated carbocycles. The number of nitrogens with one attached hydrogen (secondary N) is 2. The summed E-state index contributed by atoms with van der Waals surface area (Å²) in [5.41, 5.74) is 8.50. The van der Waals surface area contributed by atoms with Gasteiger partial charge in [0.1, 0.15) is 5.65 Å².